The van der Waals surface area contributed by atoms with Gasteiger partial charge in [-0.1, -0.05) is 34.1 Å². The lowest BCUT2D eigenvalue weighted by molar-refractivity contribution is 0.248. The zero-order valence-electron chi connectivity index (χ0n) is 18.9. The van der Waals surface area contributed by atoms with E-state index in [1.807, 2.05) is 48.6 Å². The summed E-state index contributed by atoms with van der Waals surface area (Å²) in [7, 11) is 1.69. The molecule has 2 aromatic carbocycles. The number of rotatable bonds is 8. The highest BCUT2D eigenvalue weighted by molar-refractivity contribution is 9.10. The van der Waals surface area contributed by atoms with Gasteiger partial charge >= 0.3 is 0 Å². The van der Waals surface area contributed by atoms with Crippen LogP contribution < -0.4 is 15.2 Å². The topological polar surface area (TPSA) is 50.6 Å². The molecule has 4 rings (SSSR count). The number of hydrogen-bond donors (Lipinski definition) is 0. The summed E-state index contributed by atoms with van der Waals surface area (Å²) >= 11 is 3.45. The fraction of sp³-hybridized carbons (Fsp3) is 0.308. The Morgan fingerprint density at radius 2 is 1.64 bits per heavy atom. The summed E-state index contributed by atoms with van der Waals surface area (Å²) < 4.78 is 7.87. The van der Waals surface area contributed by atoms with Gasteiger partial charge in [0.15, 0.2) is 0 Å². The number of aryl methyl sites for hydroxylation is 1. The van der Waals surface area contributed by atoms with Gasteiger partial charge in [-0.2, -0.15) is 5.10 Å². The van der Waals surface area contributed by atoms with E-state index in [1.165, 1.54) is 5.69 Å². The Labute approximate surface area is 203 Å². The van der Waals surface area contributed by atoms with Gasteiger partial charge in [0.1, 0.15) is 5.75 Å². The molecule has 33 heavy (non-hydrogen) atoms. The van der Waals surface area contributed by atoms with Gasteiger partial charge in [-0.15, -0.1) is 0 Å². The first-order chi connectivity index (χ1) is 16.1. The second-order valence-corrected chi connectivity index (χ2v) is 9.00. The van der Waals surface area contributed by atoms with Gasteiger partial charge in [-0.3, -0.25) is 9.69 Å². The van der Waals surface area contributed by atoms with E-state index in [1.54, 1.807) is 23.9 Å². The molecule has 0 amide bonds. The van der Waals surface area contributed by atoms with Crippen molar-refractivity contribution in [3.8, 4) is 5.75 Å². The smallest absolute Gasteiger partial charge is 0.266 e. The molecule has 1 aromatic heterocycles. The highest BCUT2D eigenvalue weighted by Crippen LogP contribution is 2.20. The van der Waals surface area contributed by atoms with Crippen molar-refractivity contribution in [2.24, 2.45) is 0 Å². The van der Waals surface area contributed by atoms with Gasteiger partial charge in [0.25, 0.3) is 5.56 Å². The van der Waals surface area contributed by atoms with Crippen LogP contribution in [0.5, 0.6) is 5.75 Å². The summed E-state index contributed by atoms with van der Waals surface area (Å²) in [5.74, 6) is 0.883. The first kappa shape index (κ1) is 23.3. The molecule has 1 aliphatic rings. The lowest BCUT2D eigenvalue weighted by Crippen LogP contribution is -2.46. The lowest BCUT2D eigenvalue weighted by Gasteiger charge is -2.36. The number of anilines is 1. The van der Waals surface area contributed by atoms with Crippen LogP contribution in [0.3, 0.4) is 0 Å². The standard InChI is InChI=1S/C26H29BrN4O2/c1-33-25-12-10-24(11-13-25)30-19-17-29(18-20-30)15-2-16-31-26(32)14-9-23(28-31)8-5-21-3-6-22(27)7-4-21/h3-14H,2,15-20H2,1H3. The summed E-state index contributed by atoms with van der Waals surface area (Å²) in [5, 5.41) is 4.52. The van der Waals surface area contributed by atoms with Crippen LogP contribution in [0, 0.1) is 0 Å². The van der Waals surface area contributed by atoms with Crippen molar-refractivity contribution in [3.05, 3.63) is 86.7 Å². The van der Waals surface area contributed by atoms with Crippen LogP contribution >= 0.6 is 15.9 Å². The van der Waals surface area contributed by atoms with Crippen LogP contribution in [-0.2, 0) is 6.54 Å². The molecule has 172 valence electrons. The third kappa shape index (κ3) is 6.55. The van der Waals surface area contributed by atoms with Crippen molar-refractivity contribution in [3.63, 3.8) is 0 Å². The molecule has 0 spiro atoms. The minimum Gasteiger partial charge on any atom is -0.497 e. The first-order valence-electron chi connectivity index (χ1n) is 11.2. The van der Waals surface area contributed by atoms with Gasteiger partial charge in [-0.25, -0.2) is 4.68 Å². The molecule has 0 saturated carbocycles. The number of methoxy groups -OCH3 is 1. The number of aromatic nitrogens is 2. The van der Waals surface area contributed by atoms with Crippen molar-refractivity contribution in [1.29, 1.82) is 0 Å². The number of ether oxygens (including phenoxy) is 1. The van der Waals surface area contributed by atoms with E-state index in [9.17, 15) is 4.79 Å². The van der Waals surface area contributed by atoms with Crippen LogP contribution in [0.2, 0.25) is 0 Å². The Hall–Kier alpha value is -2.90. The molecule has 7 heteroatoms. The normalized spacial score (nSPS) is 14.7. The molecule has 1 aliphatic heterocycles. The number of piperazine rings is 1. The summed E-state index contributed by atoms with van der Waals surface area (Å²) in [6, 6.07) is 19.7. The largest absolute Gasteiger partial charge is 0.497 e. The molecule has 0 radical (unpaired) electrons. The summed E-state index contributed by atoms with van der Waals surface area (Å²) in [6.45, 7) is 5.62. The number of nitrogens with zero attached hydrogens (tertiary/aromatic N) is 4. The summed E-state index contributed by atoms with van der Waals surface area (Å²) in [5.41, 5.74) is 3.05. The maximum atomic E-state index is 12.3. The van der Waals surface area contributed by atoms with E-state index in [4.69, 9.17) is 4.74 Å². The quantitative estimate of drug-likeness (QED) is 0.451. The maximum absolute atomic E-state index is 12.3. The number of benzene rings is 2. The average molecular weight is 509 g/mol. The van der Waals surface area contributed by atoms with E-state index in [-0.39, 0.29) is 5.56 Å². The van der Waals surface area contributed by atoms with E-state index in [0.717, 1.165) is 60.6 Å². The Bertz CT molecular complexity index is 1120. The highest BCUT2D eigenvalue weighted by Gasteiger charge is 2.17. The Kier molecular flexibility index (Phi) is 7.96. The van der Waals surface area contributed by atoms with Crippen LogP contribution in [0.15, 0.2) is 69.9 Å². The zero-order chi connectivity index (χ0) is 23.0. The van der Waals surface area contributed by atoms with Gasteiger partial charge in [-0.05, 0) is 60.5 Å². The van der Waals surface area contributed by atoms with Crippen molar-refractivity contribution >= 4 is 33.8 Å². The summed E-state index contributed by atoms with van der Waals surface area (Å²) in [6.07, 6.45) is 4.85. The van der Waals surface area contributed by atoms with Gasteiger partial charge < -0.3 is 9.64 Å². The zero-order valence-corrected chi connectivity index (χ0v) is 20.4. The van der Waals surface area contributed by atoms with Crippen LogP contribution in [0.1, 0.15) is 17.7 Å². The van der Waals surface area contributed by atoms with Crippen molar-refractivity contribution in [2.45, 2.75) is 13.0 Å². The first-order valence-corrected chi connectivity index (χ1v) is 12.0. The second-order valence-electron chi connectivity index (χ2n) is 8.08. The minimum atomic E-state index is -0.0554. The molecule has 1 saturated heterocycles. The van der Waals surface area contributed by atoms with E-state index >= 15 is 0 Å². The minimum absolute atomic E-state index is 0.0554. The predicted octanol–water partition coefficient (Wildman–Crippen LogP) is 4.40. The predicted molar refractivity (Wildman–Crippen MR) is 138 cm³/mol. The second kappa shape index (κ2) is 11.3. The number of hydrogen-bond acceptors (Lipinski definition) is 5. The monoisotopic (exact) mass is 508 g/mol. The molecule has 2 heterocycles. The van der Waals surface area contributed by atoms with Gasteiger partial charge in [0.05, 0.1) is 12.8 Å². The Morgan fingerprint density at radius 1 is 0.909 bits per heavy atom. The van der Waals surface area contributed by atoms with Crippen molar-refractivity contribution < 1.29 is 4.74 Å². The molecule has 0 N–H and O–H groups in total. The molecule has 0 aliphatic carbocycles. The van der Waals surface area contributed by atoms with Crippen LogP contribution in [0.25, 0.3) is 12.2 Å². The molecule has 1 fully saturated rings. The molecule has 6 nitrogen and oxygen atoms in total. The number of halogens is 1. The Morgan fingerprint density at radius 3 is 2.33 bits per heavy atom. The van der Waals surface area contributed by atoms with Gasteiger partial charge in [0, 0.05) is 55.5 Å². The molecule has 0 unspecified atom stereocenters. The molecular weight excluding hydrogens is 480 g/mol. The molecule has 3 aromatic rings. The van der Waals surface area contributed by atoms with Crippen LogP contribution in [-0.4, -0.2) is 54.5 Å². The van der Waals surface area contributed by atoms with Gasteiger partial charge in [0.2, 0.25) is 0 Å². The van der Waals surface area contributed by atoms with Crippen LogP contribution in [0.4, 0.5) is 5.69 Å². The fourth-order valence-corrected chi connectivity index (χ4v) is 4.20. The summed E-state index contributed by atoms with van der Waals surface area (Å²) in [4.78, 5) is 17.1. The van der Waals surface area contributed by atoms with Crippen molar-refractivity contribution in [2.75, 3.05) is 44.7 Å². The SMILES string of the molecule is COc1ccc(N2CCN(CCCn3nc(C=Cc4ccc(Br)cc4)ccc3=O)CC2)cc1. The highest BCUT2D eigenvalue weighted by atomic mass is 79.9. The van der Waals surface area contributed by atoms with E-state index < -0.39 is 0 Å². The lowest BCUT2D eigenvalue weighted by atomic mass is 10.2. The third-order valence-electron chi connectivity index (χ3n) is 5.86. The molecular formula is C26H29BrN4O2. The maximum Gasteiger partial charge on any atom is 0.266 e. The average Bonchev–Trinajstić information content (AvgIpc) is 2.86. The fourth-order valence-electron chi connectivity index (χ4n) is 3.94. The molecule has 0 bridgehead atoms. The third-order valence-corrected chi connectivity index (χ3v) is 6.39. The Balaban J connectivity index is 1.26. The van der Waals surface area contributed by atoms with Crippen molar-refractivity contribution in [1.82, 2.24) is 14.7 Å². The van der Waals surface area contributed by atoms with E-state index in [2.05, 4.69) is 43.0 Å². The van der Waals surface area contributed by atoms with E-state index in [0.29, 0.717) is 6.54 Å². The molecule has 0 atom stereocenters.